The number of hydrogen-bond donors (Lipinski definition) is 3. The summed E-state index contributed by atoms with van der Waals surface area (Å²) in [6.07, 6.45) is 0. The molecule has 0 spiro atoms. The molecule has 9 nitrogen and oxygen atoms in total. The van der Waals surface area contributed by atoms with Gasteiger partial charge in [-0.25, -0.2) is 4.68 Å². The second kappa shape index (κ2) is 7.51. The smallest absolute Gasteiger partial charge is 0.267 e. The molecule has 2 heterocycles. The third-order valence-corrected chi connectivity index (χ3v) is 3.60. The van der Waals surface area contributed by atoms with E-state index in [1.165, 1.54) is 4.68 Å². The maximum Gasteiger partial charge on any atom is 0.267 e. The van der Waals surface area contributed by atoms with Gasteiger partial charge in [-0.1, -0.05) is 16.8 Å². The fourth-order valence-corrected chi connectivity index (χ4v) is 2.33. The molecule has 0 saturated heterocycles. The van der Waals surface area contributed by atoms with Crippen LogP contribution in [-0.2, 0) is 6.54 Å². The number of ether oxygens (including phenoxy) is 1. The molecule has 0 atom stereocenters. The monoisotopic (exact) mass is 365 g/mol. The number of nitrogens with zero attached hydrogens (tertiary/aromatic N) is 4. The van der Waals surface area contributed by atoms with Crippen molar-refractivity contribution in [3.8, 4) is 28.7 Å². The Labute approximate surface area is 147 Å². The second-order valence-electron chi connectivity index (χ2n) is 5.01. The van der Waals surface area contributed by atoms with Crippen LogP contribution < -0.4 is 10.5 Å². The van der Waals surface area contributed by atoms with Crippen molar-refractivity contribution in [2.75, 3.05) is 25.6 Å². The summed E-state index contributed by atoms with van der Waals surface area (Å²) in [5.74, 6) is 0.841. The van der Waals surface area contributed by atoms with Gasteiger partial charge in [-0.3, -0.25) is 0 Å². The first-order chi connectivity index (χ1) is 12.1. The Kier molecular flexibility index (Phi) is 5.17. The minimum Gasteiger partial charge on any atom is -0.474 e. The summed E-state index contributed by atoms with van der Waals surface area (Å²) in [6.45, 7) is -0.128. The van der Waals surface area contributed by atoms with Crippen molar-refractivity contribution in [2.24, 2.45) is 0 Å². The van der Waals surface area contributed by atoms with Crippen LogP contribution >= 0.6 is 11.6 Å². The molecule has 25 heavy (non-hydrogen) atoms. The average molecular weight is 366 g/mol. The summed E-state index contributed by atoms with van der Waals surface area (Å²) in [6, 6.07) is 6.96. The quantitative estimate of drug-likeness (QED) is 0.568. The van der Waals surface area contributed by atoms with E-state index in [2.05, 4.69) is 15.2 Å². The van der Waals surface area contributed by atoms with Crippen molar-refractivity contribution in [1.82, 2.24) is 19.9 Å². The van der Waals surface area contributed by atoms with E-state index < -0.39 is 0 Å². The molecule has 10 heteroatoms. The fraction of sp³-hybridized carbons (Fsp3) is 0.267. The zero-order valence-electron chi connectivity index (χ0n) is 13.1. The molecule has 3 rings (SSSR count). The number of aliphatic hydroxyl groups is 2. The normalized spacial score (nSPS) is 11.0. The molecule has 0 amide bonds. The standard InChI is InChI=1S/C15H16ClN5O4/c16-10-3-1-9(2-4-10)13-18-14(25-20-13)11-12(17)21(5-6-22)19-15(11)24-8-7-23/h1-4,22-23H,5-8,17H2. The second-order valence-corrected chi connectivity index (χ2v) is 5.45. The topological polar surface area (TPSA) is 132 Å². The van der Waals surface area contributed by atoms with Gasteiger partial charge in [-0.05, 0) is 24.3 Å². The lowest BCUT2D eigenvalue weighted by Gasteiger charge is -2.00. The van der Waals surface area contributed by atoms with Crippen LogP contribution in [-0.4, -0.2) is 50.0 Å². The van der Waals surface area contributed by atoms with Crippen molar-refractivity contribution in [1.29, 1.82) is 0 Å². The molecule has 0 fully saturated rings. The molecule has 0 bridgehead atoms. The molecule has 3 aromatic rings. The molecule has 1 aromatic carbocycles. The van der Waals surface area contributed by atoms with Gasteiger partial charge in [0.1, 0.15) is 18.0 Å². The highest BCUT2D eigenvalue weighted by Crippen LogP contribution is 2.35. The van der Waals surface area contributed by atoms with Crippen molar-refractivity contribution in [3.63, 3.8) is 0 Å². The number of anilines is 1. The molecule has 0 radical (unpaired) electrons. The number of nitrogens with two attached hydrogens (primary N) is 1. The summed E-state index contributed by atoms with van der Waals surface area (Å²) in [5.41, 5.74) is 7.10. The van der Waals surface area contributed by atoms with Crippen molar-refractivity contribution >= 4 is 17.4 Å². The molecule has 0 aliphatic heterocycles. The minimum atomic E-state index is -0.188. The zero-order valence-corrected chi connectivity index (χ0v) is 13.8. The number of aliphatic hydroxyl groups excluding tert-OH is 2. The number of rotatable bonds is 7. The summed E-state index contributed by atoms with van der Waals surface area (Å²) >= 11 is 5.87. The molecule has 132 valence electrons. The van der Waals surface area contributed by atoms with Gasteiger partial charge in [0.15, 0.2) is 0 Å². The van der Waals surface area contributed by atoms with Crippen molar-refractivity contribution < 1.29 is 19.5 Å². The maximum atomic E-state index is 9.11. The molecule has 0 unspecified atom stereocenters. The first kappa shape index (κ1) is 17.2. The Hall–Kier alpha value is -2.62. The van der Waals surface area contributed by atoms with E-state index in [0.717, 1.165) is 5.56 Å². The number of halogens is 1. The highest BCUT2D eigenvalue weighted by atomic mass is 35.5. The van der Waals surface area contributed by atoms with E-state index in [0.29, 0.717) is 16.4 Å². The third-order valence-electron chi connectivity index (χ3n) is 3.34. The number of benzene rings is 1. The molecule has 0 saturated carbocycles. The third kappa shape index (κ3) is 3.58. The first-order valence-electron chi connectivity index (χ1n) is 7.45. The zero-order chi connectivity index (χ0) is 17.8. The summed E-state index contributed by atoms with van der Waals surface area (Å²) in [4.78, 5) is 4.32. The Morgan fingerprint density at radius 3 is 2.64 bits per heavy atom. The van der Waals surface area contributed by atoms with Crippen LogP contribution in [0, 0.1) is 0 Å². The van der Waals surface area contributed by atoms with Gasteiger partial charge >= 0.3 is 0 Å². The van der Waals surface area contributed by atoms with Gasteiger partial charge in [-0.2, -0.15) is 4.98 Å². The predicted octanol–water partition coefficient (Wildman–Crippen LogP) is 1.20. The van der Waals surface area contributed by atoms with Crippen molar-refractivity contribution in [3.05, 3.63) is 29.3 Å². The molecular weight excluding hydrogens is 350 g/mol. The molecule has 0 aliphatic rings. The van der Waals surface area contributed by atoms with Gasteiger partial charge in [0.25, 0.3) is 5.89 Å². The number of aromatic nitrogens is 4. The highest BCUT2D eigenvalue weighted by molar-refractivity contribution is 6.30. The first-order valence-corrected chi connectivity index (χ1v) is 7.82. The number of hydrogen-bond acceptors (Lipinski definition) is 8. The van der Waals surface area contributed by atoms with E-state index in [-0.39, 0.29) is 44.0 Å². The molecule has 0 aliphatic carbocycles. The van der Waals surface area contributed by atoms with Crippen LogP contribution in [0.25, 0.3) is 22.8 Å². The van der Waals surface area contributed by atoms with Crippen LogP contribution in [0.2, 0.25) is 5.02 Å². The lowest BCUT2D eigenvalue weighted by Crippen LogP contribution is -2.08. The highest BCUT2D eigenvalue weighted by Gasteiger charge is 2.24. The van der Waals surface area contributed by atoms with Crippen LogP contribution in [0.15, 0.2) is 28.8 Å². The van der Waals surface area contributed by atoms with Gasteiger partial charge in [0.05, 0.1) is 19.8 Å². The predicted molar refractivity (Wildman–Crippen MR) is 90.0 cm³/mol. The summed E-state index contributed by atoms with van der Waals surface area (Å²) < 4.78 is 12.1. The largest absolute Gasteiger partial charge is 0.474 e. The van der Waals surface area contributed by atoms with E-state index >= 15 is 0 Å². The van der Waals surface area contributed by atoms with E-state index in [1.807, 2.05) is 0 Å². The Morgan fingerprint density at radius 1 is 1.20 bits per heavy atom. The fourth-order valence-electron chi connectivity index (χ4n) is 2.20. The van der Waals surface area contributed by atoms with Crippen molar-refractivity contribution in [2.45, 2.75) is 6.54 Å². The minimum absolute atomic E-state index is 0.0285. The van der Waals surface area contributed by atoms with E-state index in [9.17, 15) is 0 Å². The van der Waals surface area contributed by atoms with E-state index in [4.69, 9.17) is 36.8 Å². The Morgan fingerprint density at radius 2 is 1.96 bits per heavy atom. The lowest BCUT2D eigenvalue weighted by atomic mass is 10.2. The molecule has 2 aromatic heterocycles. The van der Waals surface area contributed by atoms with Crippen LogP contribution in [0.3, 0.4) is 0 Å². The summed E-state index contributed by atoms with van der Waals surface area (Å²) in [5, 5.41) is 26.8. The summed E-state index contributed by atoms with van der Waals surface area (Å²) in [7, 11) is 0. The van der Waals surface area contributed by atoms with Gasteiger partial charge in [0.2, 0.25) is 11.7 Å². The Bertz CT molecular complexity index is 846. The van der Waals surface area contributed by atoms with Gasteiger partial charge < -0.3 is 25.2 Å². The Balaban J connectivity index is 1.99. The van der Waals surface area contributed by atoms with Gasteiger partial charge in [-0.15, -0.1) is 5.10 Å². The maximum absolute atomic E-state index is 9.11. The van der Waals surface area contributed by atoms with E-state index in [1.54, 1.807) is 24.3 Å². The molecule has 4 N–H and O–H groups in total. The van der Waals surface area contributed by atoms with Crippen LogP contribution in [0.4, 0.5) is 5.82 Å². The SMILES string of the molecule is Nc1c(-c2nc(-c3ccc(Cl)cc3)no2)c(OCCO)nn1CCO. The van der Waals surface area contributed by atoms with Gasteiger partial charge in [0, 0.05) is 10.6 Å². The average Bonchev–Trinajstić information content (AvgIpc) is 3.19. The van der Waals surface area contributed by atoms with Crippen LogP contribution in [0.5, 0.6) is 5.88 Å². The lowest BCUT2D eigenvalue weighted by molar-refractivity contribution is 0.194. The van der Waals surface area contributed by atoms with Crippen LogP contribution in [0.1, 0.15) is 0 Å². The number of nitrogen functional groups attached to an aromatic ring is 1. The molecular formula is C15H16ClN5O4.